The maximum atomic E-state index is 12.0. The average molecular weight is 235 g/mol. The van der Waals surface area contributed by atoms with E-state index >= 15 is 0 Å². The van der Waals surface area contributed by atoms with Crippen molar-refractivity contribution in [3.63, 3.8) is 0 Å². The highest BCUT2D eigenvalue weighted by Crippen LogP contribution is 2.39. The van der Waals surface area contributed by atoms with E-state index in [2.05, 4.69) is 23.8 Å². The van der Waals surface area contributed by atoms with Crippen molar-refractivity contribution in [2.24, 2.45) is 0 Å². The first kappa shape index (κ1) is 12.1. The maximum absolute atomic E-state index is 12.0. The van der Waals surface area contributed by atoms with Crippen molar-refractivity contribution < 1.29 is 0 Å². The second-order valence-corrected chi connectivity index (χ2v) is 4.97. The summed E-state index contributed by atoms with van der Waals surface area (Å²) in [5.74, 6) is 0.252. The summed E-state index contributed by atoms with van der Waals surface area (Å²) in [4.78, 5) is 19.1. The minimum atomic E-state index is -0.0410. The van der Waals surface area contributed by atoms with E-state index < -0.39 is 0 Å². The molecule has 0 bridgehead atoms. The molecule has 2 rings (SSSR count). The lowest BCUT2D eigenvalue weighted by atomic mass is 9.75. The van der Waals surface area contributed by atoms with Gasteiger partial charge in [-0.15, -0.1) is 0 Å². The van der Waals surface area contributed by atoms with Crippen LogP contribution in [0.5, 0.6) is 0 Å². The lowest BCUT2D eigenvalue weighted by Crippen LogP contribution is -2.30. The Balaban J connectivity index is 2.67. The Labute approximate surface area is 102 Å². The number of aromatic amines is 1. The summed E-state index contributed by atoms with van der Waals surface area (Å²) < 4.78 is 0. The molecule has 0 saturated carbocycles. The van der Waals surface area contributed by atoms with E-state index in [0.29, 0.717) is 0 Å². The van der Waals surface area contributed by atoms with Gasteiger partial charge < -0.3 is 5.73 Å². The van der Waals surface area contributed by atoms with Crippen LogP contribution in [-0.4, -0.2) is 9.97 Å². The molecule has 0 atom stereocenters. The molecule has 0 spiro atoms. The van der Waals surface area contributed by atoms with Crippen molar-refractivity contribution in [1.29, 1.82) is 0 Å². The zero-order valence-corrected chi connectivity index (χ0v) is 10.7. The SMILES string of the molecule is CCC1(CC)CCCCc2c1nc(N)[nH]c2=O. The van der Waals surface area contributed by atoms with Gasteiger partial charge in [-0.3, -0.25) is 9.78 Å². The Hall–Kier alpha value is -1.32. The van der Waals surface area contributed by atoms with Crippen LogP contribution >= 0.6 is 0 Å². The van der Waals surface area contributed by atoms with Crippen LogP contribution in [0.2, 0.25) is 0 Å². The van der Waals surface area contributed by atoms with E-state index in [1.54, 1.807) is 0 Å². The van der Waals surface area contributed by atoms with Crippen LogP contribution in [0.4, 0.5) is 5.95 Å². The first-order valence-corrected chi connectivity index (χ1v) is 6.52. The lowest BCUT2D eigenvalue weighted by Gasteiger charge is -2.31. The van der Waals surface area contributed by atoms with Crippen molar-refractivity contribution in [2.75, 3.05) is 5.73 Å². The number of hydrogen-bond donors (Lipinski definition) is 2. The van der Waals surface area contributed by atoms with Crippen molar-refractivity contribution in [3.05, 3.63) is 21.6 Å². The molecule has 17 heavy (non-hydrogen) atoms. The zero-order chi connectivity index (χ0) is 12.5. The molecule has 0 saturated heterocycles. The normalized spacial score (nSPS) is 18.5. The zero-order valence-electron chi connectivity index (χ0n) is 10.7. The number of fused-ring (bicyclic) bond motifs is 1. The predicted octanol–water partition coefficient (Wildman–Crippen LogP) is 2.14. The third kappa shape index (κ3) is 1.96. The summed E-state index contributed by atoms with van der Waals surface area (Å²) in [6.45, 7) is 4.36. The number of nitrogen functional groups attached to an aromatic ring is 1. The van der Waals surface area contributed by atoms with E-state index in [0.717, 1.165) is 49.8 Å². The summed E-state index contributed by atoms with van der Waals surface area (Å²) in [6, 6.07) is 0. The molecule has 0 amide bonds. The highest BCUT2D eigenvalue weighted by atomic mass is 16.1. The fourth-order valence-corrected chi connectivity index (χ4v) is 3.01. The number of nitrogens with one attached hydrogen (secondary N) is 1. The molecule has 1 aromatic rings. The highest BCUT2D eigenvalue weighted by Gasteiger charge is 2.34. The Bertz CT molecular complexity index is 460. The molecule has 0 unspecified atom stereocenters. The van der Waals surface area contributed by atoms with Crippen LogP contribution in [0, 0.1) is 0 Å². The largest absolute Gasteiger partial charge is 0.369 e. The minimum Gasteiger partial charge on any atom is -0.369 e. The van der Waals surface area contributed by atoms with Gasteiger partial charge in [0.15, 0.2) is 0 Å². The van der Waals surface area contributed by atoms with Gasteiger partial charge in [-0.05, 0) is 32.1 Å². The van der Waals surface area contributed by atoms with Gasteiger partial charge in [-0.25, -0.2) is 4.98 Å². The van der Waals surface area contributed by atoms with E-state index in [-0.39, 0.29) is 16.9 Å². The maximum Gasteiger partial charge on any atom is 0.255 e. The quantitative estimate of drug-likeness (QED) is 0.771. The second-order valence-electron chi connectivity index (χ2n) is 4.97. The summed E-state index contributed by atoms with van der Waals surface area (Å²) in [5, 5.41) is 0. The van der Waals surface area contributed by atoms with Crippen LogP contribution in [0.15, 0.2) is 4.79 Å². The standard InChI is InChI=1S/C13H21N3O/c1-3-13(4-2)8-6-5-7-9-10(13)15-12(14)16-11(9)17/h3-8H2,1-2H3,(H3,14,15,16,17). The van der Waals surface area contributed by atoms with Crippen LogP contribution < -0.4 is 11.3 Å². The van der Waals surface area contributed by atoms with E-state index in [9.17, 15) is 4.79 Å². The number of nitrogens with zero attached hydrogens (tertiary/aromatic N) is 1. The summed E-state index contributed by atoms with van der Waals surface area (Å²) in [5.41, 5.74) is 7.53. The minimum absolute atomic E-state index is 0.0410. The number of H-pyrrole nitrogens is 1. The Morgan fingerprint density at radius 2 is 2.06 bits per heavy atom. The molecule has 94 valence electrons. The van der Waals surface area contributed by atoms with Gasteiger partial charge in [0.25, 0.3) is 5.56 Å². The van der Waals surface area contributed by atoms with Crippen molar-refractivity contribution in [2.45, 2.75) is 57.8 Å². The third-order valence-corrected chi connectivity index (χ3v) is 4.22. The number of hydrogen-bond acceptors (Lipinski definition) is 3. The third-order valence-electron chi connectivity index (χ3n) is 4.22. The number of anilines is 1. The van der Waals surface area contributed by atoms with Gasteiger partial charge in [0, 0.05) is 11.0 Å². The summed E-state index contributed by atoms with van der Waals surface area (Å²) in [6.07, 6.45) is 6.22. The molecule has 0 fully saturated rings. The highest BCUT2D eigenvalue weighted by molar-refractivity contribution is 5.32. The first-order chi connectivity index (χ1) is 8.13. The lowest BCUT2D eigenvalue weighted by molar-refractivity contribution is 0.351. The van der Waals surface area contributed by atoms with Gasteiger partial charge in [0.2, 0.25) is 5.95 Å². The molecular formula is C13H21N3O. The van der Waals surface area contributed by atoms with Crippen LogP contribution in [-0.2, 0) is 11.8 Å². The number of rotatable bonds is 2. The molecule has 4 heteroatoms. The van der Waals surface area contributed by atoms with Gasteiger partial charge in [-0.1, -0.05) is 20.3 Å². The Kier molecular flexibility index (Phi) is 3.22. The first-order valence-electron chi connectivity index (χ1n) is 6.52. The smallest absolute Gasteiger partial charge is 0.255 e. The molecule has 3 N–H and O–H groups in total. The summed E-state index contributed by atoms with van der Waals surface area (Å²) in [7, 11) is 0. The molecule has 1 aliphatic carbocycles. The molecule has 1 heterocycles. The molecule has 0 aliphatic heterocycles. The predicted molar refractivity (Wildman–Crippen MR) is 69.1 cm³/mol. The molecule has 1 aliphatic rings. The van der Waals surface area contributed by atoms with Gasteiger partial charge in [0.05, 0.1) is 5.69 Å². The van der Waals surface area contributed by atoms with Gasteiger partial charge in [-0.2, -0.15) is 0 Å². The van der Waals surface area contributed by atoms with Crippen LogP contribution in [0.25, 0.3) is 0 Å². The van der Waals surface area contributed by atoms with Gasteiger partial charge in [0.1, 0.15) is 0 Å². The van der Waals surface area contributed by atoms with Crippen molar-refractivity contribution in [1.82, 2.24) is 9.97 Å². The van der Waals surface area contributed by atoms with E-state index in [1.165, 1.54) is 0 Å². The van der Waals surface area contributed by atoms with E-state index in [1.807, 2.05) is 0 Å². The number of aromatic nitrogens is 2. The molecule has 0 aromatic carbocycles. The Morgan fingerprint density at radius 1 is 1.35 bits per heavy atom. The average Bonchev–Trinajstić information content (AvgIpc) is 2.49. The Morgan fingerprint density at radius 3 is 2.71 bits per heavy atom. The number of nitrogens with two attached hydrogens (primary N) is 1. The van der Waals surface area contributed by atoms with Crippen molar-refractivity contribution >= 4 is 5.95 Å². The fraction of sp³-hybridized carbons (Fsp3) is 0.692. The van der Waals surface area contributed by atoms with Crippen LogP contribution in [0.3, 0.4) is 0 Å². The monoisotopic (exact) mass is 235 g/mol. The van der Waals surface area contributed by atoms with Crippen molar-refractivity contribution in [3.8, 4) is 0 Å². The van der Waals surface area contributed by atoms with Gasteiger partial charge >= 0.3 is 0 Å². The molecule has 0 radical (unpaired) electrons. The fourth-order valence-electron chi connectivity index (χ4n) is 3.01. The topological polar surface area (TPSA) is 71.8 Å². The van der Waals surface area contributed by atoms with Crippen LogP contribution in [0.1, 0.15) is 57.2 Å². The second kappa shape index (κ2) is 4.51. The molecular weight excluding hydrogens is 214 g/mol. The summed E-state index contributed by atoms with van der Waals surface area (Å²) >= 11 is 0. The molecule has 1 aromatic heterocycles. The van der Waals surface area contributed by atoms with E-state index in [4.69, 9.17) is 5.73 Å². The molecule has 4 nitrogen and oxygen atoms in total.